The Morgan fingerprint density at radius 2 is 1.62 bits per heavy atom. The smallest absolute Gasteiger partial charge is 0.185 e. The van der Waals surface area contributed by atoms with Gasteiger partial charge < -0.3 is 14.0 Å². The molecule has 7 heteroatoms. The third-order valence-electron chi connectivity index (χ3n) is 5.73. The van der Waals surface area contributed by atoms with E-state index in [9.17, 15) is 0 Å². The summed E-state index contributed by atoms with van der Waals surface area (Å²) in [6, 6.07) is 13.7. The number of unbranched alkanes of at least 4 members (excludes halogenated alkanes) is 6. The van der Waals surface area contributed by atoms with E-state index in [1.807, 2.05) is 42.5 Å². The van der Waals surface area contributed by atoms with Crippen LogP contribution >= 0.6 is 11.3 Å². The third kappa shape index (κ3) is 7.69. The molecule has 0 aliphatic carbocycles. The van der Waals surface area contributed by atoms with E-state index in [2.05, 4.69) is 23.5 Å². The molecule has 1 aromatic heterocycles. The summed E-state index contributed by atoms with van der Waals surface area (Å²) in [5.74, 6) is 1.44. The van der Waals surface area contributed by atoms with Gasteiger partial charge in [0.1, 0.15) is 30.4 Å². The van der Waals surface area contributed by atoms with Crippen LogP contribution in [0.4, 0.5) is 5.69 Å². The number of fused-ring (bicyclic) bond motifs is 1. The second kappa shape index (κ2) is 14.6. The summed E-state index contributed by atoms with van der Waals surface area (Å²) in [7, 11) is 0. The number of aromatic nitrogens is 1. The normalized spacial score (nSPS) is 11.8. The molecule has 0 saturated heterocycles. The minimum atomic E-state index is 0.387. The summed E-state index contributed by atoms with van der Waals surface area (Å²) in [6.45, 7) is 7.09. The molecule has 6 nitrogen and oxygen atoms in total. The van der Waals surface area contributed by atoms with Crippen molar-refractivity contribution in [2.75, 3.05) is 19.8 Å². The Hall–Kier alpha value is -2.67. The number of ether oxygens (including phenoxy) is 2. The highest BCUT2D eigenvalue weighted by atomic mass is 32.1. The minimum Gasteiger partial charge on any atom is -0.490 e. The SMILES string of the molecule is CCCCCC/N=c1\sc2cc(N=N)c(OCCOc3ccccc3)cc2n1CCCCCC. The van der Waals surface area contributed by atoms with Crippen molar-refractivity contribution in [2.45, 2.75) is 71.8 Å². The summed E-state index contributed by atoms with van der Waals surface area (Å²) in [5, 5.41) is 3.73. The molecule has 0 amide bonds. The summed E-state index contributed by atoms with van der Waals surface area (Å²) < 4.78 is 15.2. The fourth-order valence-electron chi connectivity index (χ4n) is 3.86. The Morgan fingerprint density at radius 3 is 2.35 bits per heavy atom. The number of nitrogens with one attached hydrogen (secondary N) is 1. The molecule has 0 saturated carbocycles. The van der Waals surface area contributed by atoms with Gasteiger partial charge in [0.2, 0.25) is 0 Å². The first-order valence-corrected chi connectivity index (χ1v) is 13.4. The summed E-state index contributed by atoms with van der Waals surface area (Å²) in [5.41, 5.74) is 9.31. The molecule has 0 unspecified atom stereocenters. The fourth-order valence-corrected chi connectivity index (χ4v) is 4.96. The van der Waals surface area contributed by atoms with Gasteiger partial charge in [-0.3, -0.25) is 4.99 Å². The molecule has 2 aromatic carbocycles. The van der Waals surface area contributed by atoms with Gasteiger partial charge in [-0.15, -0.1) is 0 Å². The number of thiazole rings is 1. The van der Waals surface area contributed by atoms with Crippen molar-refractivity contribution in [3.8, 4) is 11.5 Å². The number of nitrogens with zero attached hydrogens (tertiary/aromatic N) is 3. The highest BCUT2D eigenvalue weighted by Gasteiger charge is 2.13. The summed E-state index contributed by atoms with van der Waals surface area (Å²) >= 11 is 1.69. The zero-order valence-electron chi connectivity index (χ0n) is 20.6. The number of benzene rings is 2. The molecule has 0 radical (unpaired) electrons. The van der Waals surface area contributed by atoms with Gasteiger partial charge in [-0.1, -0.05) is 81.9 Å². The monoisotopic (exact) mass is 482 g/mol. The lowest BCUT2D eigenvalue weighted by molar-refractivity contribution is 0.217. The van der Waals surface area contributed by atoms with Gasteiger partial charge in [-0.05, 0) is 31.0 Å². The number of para-hydroxylation sites is 1. The van der Waals surface area contributed by atoms with E-state index in [1.54, 1.807) is 11.3 Å². The topological polar surface area (TPSA) is 72.0 Å². The zero-order valence-corrected chi connectivity index (χ0v) is 21.4. The molecule has 0 atom stereocenters. The van der Waals surface area contributed by atoms with Crippen LogP contribution in [0, 0.1) is 5.53 Å². The van der Waals surface area contributed by atoms with Crippen molar-refractivity contribution in [2.24, 2.45) is 10.1 Å². The molecule has 3 aromatic rings. The average molecular weight is 483 g/mol. The predicted molar refractivity (Wildman–Crippen MR) is 141 cm³/mol. The lowest BCUT2D eigenvalue weighted by Gasteiger charge is -2.11. The van der Waals surface area contributed by atoms with E-state index >= 15 is 0 Å². The Kier molecular flexibility index (Phi) is 11.1. The zero-order chi connectivity index (χ0) is 24.0. The molecule has 0 spiro atoms. The van der Waals surface area contributed by atoms with Gasteiger partial charge in [-0.2, -0.15) is 5.11 Å². The highest BCUT2D eigenvalue weighted by molar-refractivity contribution is 7.16. The van der Waals surface area contributed by atoms with Crippen molar-refractivity contribution in [1.82, 2.24) is 4.57 Å². The number of rotatable bonds is 16. The Labute approximate surface area is 207 Å². The molecule has 0 aliphatic rings. The quantitative estimate of drug-likeness (QED) is 0.166. The maximum atomic E-state index is 7.66. The van der Waals surface area contributed by atoms with E-state index in [4.69, 9.17) is 20.0 Å². The van der Waals surface area contributed by atoms with E-state index in [0.717, 1.165) is 46.7 Å². The Balaban J connectivity index is 1.78. The van der Waals surface area contributed by atoms with E-state index in [-0.39, 0.29) is 0 Å². The second-order valence-corrected chi connectivity index (χ2v) is 9.46. The van der Waals surface area contributed by atoms with Gasteiger partial charge in [0, 0.05) is 19.2 Å². The van der Waals surface area contributed by atoms with Crippen LogP contribution in [0.5, 0.6) is 11.5 Å². The molecule has 0 aliphatic heterocycles. The standard InChI is InChI=1S/C27H38N4O2S/c1-3-5-7-12-16-29-27-31(17-13-8-6-4-2)24-21-25(23(30-28)20-26(24)34-27)33-19-18-32-22-14-10-9-11-15-22/h9-11,14-15,20-21,28H,3-8,12-13,16-19H2,1-2H3/b29-27-,30-28?. The van der Waals surface area contributed by atoms with Crippen LogP contribution in [-0.4, -0.2) is 24.3 Å². The van der Waals surface area contributed by atoms with Gasteiger partial charge in [0.15, 0.2) is 4.80 Å². The van der Waals surface area contributed by atoms with Crippen molar-refractivity contribution >= 4 is 27.2 Å². The molecule has 34 heavy (non-hydrogen) atoms. The third-order valence-corrected chi connectivity index (χ3v) is 6.81. The summed E-state index contributed by atoms with van der Waals surface area (Å²) in [4.78, 5) is 6.01. The molecule has 0 fully saturated rings. The van der Waals surface area contributed by atoms with Crippen LogP contribution in [0.15, 0.2) is 52.6 Å². The molecule has 0 bridgehead atoms. The largest absolute Gasteiger partial charge is 0.490 e. The van der Waals surface area contributed by atoms with Crippen LogP contribution < -0.4 is 14.3 Å². The molecule has 1 N–H and O–H groups in total. The maximum absolute atomic E-state index is 7.66. The van der Waals surface area contributed by atoms with Gasteiger partial charge in [0.05, 0.1) is 10.2 Å². The van der Waals surface area contributed by atoms with Crippen LogP contribution in [0.1, 0.15) is 65.2 Å². The molecular formula is C27H38N4O2S. The lowest BCUT2D eigenvalue weighted by atomic mass is 10.2. The maximum Gasteiger partial charge on any atom is 0.185 e. The Bertz CT molecular complexity index is 1080. The van der Waals surface area contributed by atoms with E-state index < -0.39 is 0 Å². The van der Waals surface area contributed by atoms with Crippen molar-refractivity contribution in [3.63, 3.8) is 0 Å². The van der Waals surface area contributed by atoms with Crippen molar-refractivity contribution in [3.05, 3.63) is 47.3 Å². The first-order valence-electron chi connectivity index (χ1n) is 12.6. The average Bonchev–Trinajstić information content (AvgIpc) is 3.20. The number of aryl methyl sites for hydroxylation is 1. The van der Waals surface area contributed by atoms with E-state index in [0.29, 0.717) is 24.7 Å². The molecule has 3 rings (SSSR count). The van der Waals surface area contributed by atoms with Crippen LogP contribution in [0.25, 0.3) is 10.2 Å². The molecule has 184 valence electrons. The van der Waals surface area contributed by atoms with Gasteiger partial charge in [-0.25, -0.2) is 5.53 Å². The van der Waals surface area contributed by atoms with Crippen LogP contribution in [0.3, 0.4) is 0 Å². The van der Waals surface area contributed by atoms with Crippen LogP contribution in [-0.2, 0) is 6.54 Å². The molecule has 1 heterocycles. The Morgan fingerprint density at radius 1 is 0.882 bits per heavy atom. The first-order chi connectivity index (χ1) is 16.8. The fraction of sp³-hybridized carbons (Fsp3) is 0.519. The van der Waals surface area contributed by atoms with Gasteiger partial charge >= 0.3 is 0 Å². The molecular weight excluding hydrogens is 444 g/mol. The lowest BCUT2D eigenvalue weighted by Crippen LogP contribution is -2.15. The van der Waals surface area contributed by atoms with Gasteiger partial charge in [0.25, 0.3) is 0 Å². The minimum absolute atomic E-state index is 0.387. The van der Waals surface area contributed by atoms with E-state index in [1.165, 1.54) is 38.5 Å². The number of hydrogen-bond donors (Lipinski definition) is 1. The van der Waals surface area contributed by atoms with Crippen LogP contribution in [0.2, 0.25) is 0 Å². The van der Waals surface area contributed by atoms with Crippen molar-refractivity contribution < 1.29 is 9.47 Å². The second-order valence-electron chi connectivity index (χ2n) is 8.45. The first kappa shape index (κ1) is 25.9. The highest BCUT2D eigenvalue weighted by Crippen LogP contribution is 2.34. The number of hydrogen-bond acceptors (Lipinski definition) is 6. The van der Waals surface area contributed by atoms with Crippen molar-refractivity contribution in [1.29, 1.82) is 5.53 Å². The predicted octanol–water partition coefficient (Wildman–Crippen LogP) is 7.88. The summed E-state index contributed by atoms with van der Waals surface area (Å²) in [6.07, 6.45) is 9.69.